The highest BCUT2D eigenvalue weighted by Gasteiger charge is 2.14. The Hall–Kier alpha value is -2.47. The number of carbonyl (C=O) groups excluding carboxylic acids is 1. The van der Waals surface area contributed by atoms with Crippen LogP contribution in [-0.4, -0.2) is 23.0 Å². The first-order valence-electron chi connectivity index (χ1n) is 5.80. The lowest BCUT2D eigenvalue weighted by molar-refractivity contribution is 0.0724. The van der Waals surface area contributed by atoms with Crippen molar-refractivity contribution in [3.05, 3.63) is 47.2 Å². The quantitative estimate of drug-likeness (QED) is 0.547. The molecule has 0 N–H and O–H groups in total. The number of benzene rings is 1. The van der Waals surface area contributed by atoms with Gasteiger partial charge in [-0.2, -0.15) is 0 Å². The smallest absolute Gasteiger partial charge is 0.363 e. The minimum Gasteiger partial charge on any atom is -0.493 e. The topological polar surface area (TPSA) is 61.3 Å². The van der Waals surface area contributed by atoms with Crippen LogP contribution in [0.15, 0.2) is 41.5 Å². The van der Waals surface area contributed by atoms with Crippen molar-refractivity contribution in [2.24, 2.45) is 0 Å². The highest BCUT2D eigenvalue weighted by Crippen LogP contribution is 2.32. The number of thiazole rings is 1. The molecule has 0 saturated heterocycles. The molecule has 0 saturated carbocycles. The molecule has 3 aromatic rings. The molecule has 3 rings (SSSR count). The van der Waals surface area contributed by atoms with Crippen LogP contribution >= 0.6 is 11.3 Å². The van der Waals surface area contributed by atoms with Crippen molar-refractivity contribution >= 4 is 28.1 Å². The minimum absolute atomic E-state index is 0.281. The summed E-state index contributed by atoms with van der Waals surface area (Å²) in [6, 6.07) is 5.40. The van der Waals surface area contributed by atoms with Crippen LogP contribution in [0, 0.1) is 0 Å². The Morgan fingerprint density at radius 1 is 1.25 bits per heavy atom. The molecule has 0 spiro atoms. The first kappa shape index (κ1) is 12.6. The van der Waals surface area contributed by atoms with E-state index in [1.54, 1.807) is 35.4 Å². The van der Waals surface area contributed by atoms with Gasteiger partial charge in [-0.05, 0) is 23.6 Å². The number of methoxy groups -OCH3 is 1. The van der Waals surface area contributed by atoms with E-state index >= 15 is 0 Å². The number of fused-ring (bicyclic) bond motifs is 1. The molecule has 6 heteroatoms. The summed E-state index contributed by atoms with van der Waals surface area (Å²) in [6.45, 7) is 0. The standard InChI is InChI=1S/C14H10N2O3S/c1-18-12-4-9-2-3-15-6-10(9)5-13(12)19-14(17)11-7-20-8-16-11/h2-8H,1H3. The number of pyridine rings is 1. The predicted octanol–water partition coefficient (Wildman–Crippen LogP) is 2.92. The molecule has 5 nitrogen and oxygen atoms in total. The lowest BCUT2D eigenvalue weighted by atomic mass is 10.1. The van der Waals surface area contributed by atoms with E-state index in [9.17, 15) is 4.79 Å². The predicted molar refractivity (Wildman–Crippen MR) is 75.4 cm³/mol. The average Bonchev–Trinajstić information content (AvgIpc) is 3.01. The van der Waals surface area contributed by atoms with Crippen LogP contribution in [0.1, 0.15) is 10.5 Å². The van der Waals surface area contributed by atoms with Gasteiger partial charge in [0, 0.05) is 23.2 Å². The summed E-state index contributed by atoms with van der Waals surface area (Å²) in [5.41, 5.74) is 1.86. The molecular weight excluding hydrogens is 276 g/mol. The summed E-state index contributed by atoms with van der Waals surface area (Å²) >= 11 is 1.34. The molecule has 0 fully saturated rings. The summed E-state index contributed by atoms with van der Waals surface area (Å²) in [4.78, 5) is 19.9. The SMILES string of the molecule is COc1cc2ccncc2cc1OC(=O)c1cscn1. The molecule has 0 aliphatic heterocycles. The van der Waals surface area contributed by atoms with Gasteiger partial charge in [-0.25, -0.2) is 9.78 Å². The first-order chi connectivity index (χ1) is 9.78. The summed E-state index contributed by atoms with van der Waals surface area (Å²) in [5.74, 6) is 0.339. The van der Waals surface area contributed by atoms with Gasteiger partial charge in [0.05, 0.1) is 12.6 Å². The molecule has 0 radical (unpaired) electrons. The van der Waals surface area contributed by atoms with Crippen LogP contribution in [0.25, 0.3) is 10.8 Å². The molecule has 0 amide bonds. The summed E-state index contributed by atoms with van der Waals surface area (Å²) < 4.78 is 10.6. The van der Waals surface area contributed by atoms with Gasteiger partial charge in [-0.3, -0.25) is 4.98 Å². The van der Waals surface area contributed by atoms with Crippen molar-refractivity contribution < 1.29 is 14.3 Å². The van der Waals surface area contributed by atoms with Gasteiger partial charge in [0.15, 0.2) is 17.2 Å². The molecule has 1 aromatic carbocycles. The van der Waals surface area contributed by atoms with Crippen LogP contribution in [0.3, 0.4) is 0 Å². The number of carbonyl (C=O) groups is 1. The van der Waals surface area contributed by atoms with Crippen LogP contribution in [0.2, 0.25) is 0 Å². The maximum atomic E-state index is 11.9. The molecule has 0 aliphatic rings. The van der Waals surface area contributed by atoms with E-state index < -0.39 is 5.97 Å². The molecule has 2 heterocycles. The zero-order valence-electron chi connectivity index (χ0n) is 10.6. The van der Waals surface area contributed by atoms with E-state index in [4.69, 9.17) is 9.47 Å². The van der Waals surface area contributed by atoms with Crippen molar-refractivity contribution in [1.29, 1.82) is 0 Å². The van der Waals surface area contributed by atoms with Gasteiger partial charge in [-0.15, -0.1) is 11.3 Å². The van der Waals surface area contributed by atoms with Gasteiger partial charge in [0.25, 0.3) is 0 Å². The zero-order valence-corrected chi connectivity index (χ0v) is 11.4. The maximum Gasteiger partial charge on any atom is 0.363 e. The fraction of sp³-hybridized carbons (Fsp3) is 0.0714. The number of hydrogen-bond donors (Lipinski definition) is 0. The summed E-state index contributed by atoms with van der Waals surface area (Å²) in [6.07, 6.45) is 3.40. The Kier molecular flexibility index (Phi) is 3.30. The third-order valence-electron chi connectivity index (χ3n) is 2.77. The van der Waals surface area contributed by atoms with Crippen LogP contribution in [-0.2, 0) is 0 Å². The van der Waals surface area contributed by atoms with Crippen molar-refractivity contribution in [2.45, 2.75) is 0 Å². The molecular formula is C14H10N2O3S. The Morgan fingerprint density at radius 2 is 2.10 bits per heavy atom. The van der Waals surface area contributed by atoms with Crippen molar-refractivity contribution in [1.82, 2.24) is 9.97 Å². The fourth-order valence-electron chi connectivity index (χ4n) is 1.80. The number of ether oxygens (including phenoxy) is 2. The molecule has 0 bridgehead atoms. The maximum absolute atomic E-state index is 11.9. The lowest BCUT2D eigenvalue weighted by Crippen LogP contribution is -2.09. The molecule has 20 heavy (non-hydrogen) atoms. The zero-order chi connectivity index (χ0) is 13.9. The highest BCUT2D eigenvalue weighted by molar-refractivity contribution is 7.07. The second kappa shape index (κ2) is 5.26. The van der Waals surface area contributed by atoms with E-state index in [1.165, 1.54) is 18.4 Å². The second-order valence-electron chi connectivity index (χ2n) is 3.99. The fourth-order valence-corrected chi connectivity index (χ4v) is 2.32. The lowest BCUT2D eigenvalue weighted by Gasteiger charge is -2.09. The number of esters is 1. The Labute approximate surface area is 118 Å². The second-order valence-corrected chi connectivity index (χ2v) is 4.71. The molecule has 0 atom stereocenters. The normalized spacial score (nSPS) is 10.4. The van der Waals surface area contributed by atoms with Crippen molar-refractivity contribution in [2.75, 3.05) is 7.11 Å². The molecule has 2 aromatic heterocycles. The molecule has 0 aliphatic carbocycles. The minimum atomic E-state index is -0.507. The third-order valence-corrected chi connectivity index (χ3v) is 3.35. The van der Waals surface area contributed by atoms with Crippen LogP contribution in [0.4, 0.5) is 0 Å². The highest BCUT2D eigenvalue weighted by atomic mass is 32.1. The number of hydrogen-bond acceptors (Lipinski definition) is 6. The van der Waals surface area contributed by atoms with Crippen molar-refractivity contribution in [3.8, 4) is 11.5 Å². The number of rotatable bonds is 3. The van der Waals surface area contributed by atoms with E-state index in [2.05, 4.69) is 9.97 Å². The molecule has 100 valence electrons. The first-order valence-corrected chi connectivity index (χ1v) is 6.74. The monoisotopic (exact) mass is 286 g/mol. The van der Waals surface area contributed by atoms with Gasteiger partial charge in [0.1, 0.15) is 0 Å². The van der Waals surface area contributed by atoms with E-state index in [0.717, 1.165) is 10.8 Å². The Balaban J connectivity index is 1.99. The van der Waals surface area contributed by atoms with Gasteiger partial charge in [-0.1, -0.05) is 0 Å². The van der Waals surface area contributed by atoms with E-state index in [-0.39, 0.29) is 5.69 Å². The molecule has 0 unspecified atom stereocenters. The van der Waals surface area contributed by atoms with E-state index in [0.29, 0.717) is 11.5 Å². The van der Waals surface area contributed by atoms with Crippen molar-refractivity contribution in [3.63, 3.8) is 0 Å². The summed E-state index contributed by atoms with van der Waals surface area (Å²) in [7, 11) is 1.53. The van der Waals surface area contributed by atoms with Crippen LogP contribution < -0.4 is 9.47 Å². The van der Waals surface area contributed by atoms with Gasteiger partial charge in [0.2, 0.25) is 0 Å². The summed E-state index contributed by atoms with van der Waals surface area (Å²) in [5, 5.41) is 3.47. The van der Waals surface area contributed by atoms with Gasteiger partial charge < -0.3 is 9.47 Å². The van der Waals surface area contributed by atoms with E-state index in [1.807, 2.05) is 6.07 Å². The van der Waals surface area contributed by atoms with Gasteiger partial charge >= 0.3 is 5.97 Å². The average molecular weight is 286 g/mol. The number of aromatic nitrogens is 2. The largest absolute Gasteiger partial charge is 0.493 e. The number of nitrogens with zero attached hydrogens (tertiary/aromatic N) is 2. The Bertz CT molecular complexity index is 756. The Morgan fingerprint density at radius 3 is 2.85 bits per heavy atom. The third kappa shape index (κ3) is 2.33. The van der Waals surface area contributed by atoms with Crippen LogP contribution in [0.5, 0.6) is 11.5 Å².